The van der Waals surface area contributed by atoms with Crippen LogP contribution >= 0.6 is 0 Å². The molecule has 0 atom stereocenters. The van der Waals surface area contributed by atoms with E-state index >= 15 is 0 Å². The minimum absolute atomic E-state index is 0.0652. The van der Waals surface area contributed by atoms with Crippen molar-refractivity contribution >= 4 is 11.6 Å². The number of carbonyl (C=O) groups is 1. The largest absolute Gasteiger partial charge is 0.322 e. The van der Waals surface area contributed by atoms with E-state index in [0.717, 1.165) is 23.4 Å². The van der Waals surface area contributed by atoms with Gasteiger partial charge >= 0.3 is 0 Å². The van der Waals surface area contributed by atoms with Crippen LogP contribution in [0.5, 0.6) is 0 Å². The molecule has 0 saturated carbocycles. The van der Waals surface area contributed by atoms with Crippen molar-refractivity contribution in [3.63, 3.8) is 0 Å². The van der Waals surface area contributed by atoms with Crippen molar-refractivity contribution in [3.8, 4) is 5.69 Å². The van der Waals surface area contributed by atoms with Gasteiger partial charge in [0.05, 0.1) is 6.33 Å². The van der Waals surface area contributed by atoms with Crippen LogP contribution in [0, 0.1) is 0 Å². The van der Waals surface area contributed by atoms with Gasteiger partial charge in [0.15, 0.2) is 0 Å². The number of carbonyl (C=O) groups excluding carboxylic acids is 1. The average Bonchev–Trinajstić information content (AvgIpc) is 2.93. The van der Waals surface area contributed by atoms with E-state index < -0.39 is 0 Å². The monoisotopic (exact) mass is 255 g/mol. The Balaban J connectivity index is 2.16. The second-order valence-electron chi connectivity index (χ2n) is 4.27. The van der Waals surface area contributed by atoms with Gasteiger partial charge in [0.25, 0.3) is 5.91 Å². The summed E-state index contributed by atoms with van der Waals surface area (Å²) in [6.45, 7) is 3.83. The van der Waals surface area contributed by atoms with Gasteiger partial charge in [-0.25, -0.2) is 4.98 Å². The fourth-order valence-electron chi connectivity index (χ4n) is 1.78. The van der Waals surface area contributed by atoms with E-state index in [1.54, 1.807) is 12.5 Å². The maximum atomic E-state index is 11.9. The number of allylic oxidation sites excluding steroid dienone is 1. The quantitative estimate of drug-likeness (QED) is 0.853. The van der Waals surface area contributed by atoms with Gasteiger partial charge in [0.1, 0.15) is 0 Å². The summed E-state index contributed by atoms with van der Waals surface area (Å²) < 4.78 is 1.89. The number of rotatable bonds is 4. The van der Waals surface area contributed by atoms with E-state index in [9.17, 15) is 4.79 Å². The lowest BCUT2D eigenvalue weighted by Crippen LogP contribution is -2.12. The molecule has 1 aromatic heterocycles. The van der Waals surface area contributed by atoms with E-state index in [-0.39, 0.29) is 5.91 Å². The predicted molar refractivity (Wildman–Crippen MR) is 76.2 cm³/mol. The SMILES string of the molecule is CCC=C(C)C(=O)Nc1cccc(-n2ccnc2)c1. The number of aromatic nitrogens is 2. The molecule has 0 aliphatic rings. The summed E-state index contributed by atoms with van der Waals surface area (Å²) in [6.07, 6.45) is 8.08. The molecule has 0 unspecified atom stereocenters. The zero-order valence-corrected chi connectivity index (χ0v) is 11.1. The van der Waals surface area contributed by atoms with Gasteiger partial charge in [-0.15, -0.1) is 0 Å². The molecule has 19 heavy (non-hydrogen) atoms. The maximum Gasteiger partial charge on any atom is 0.250 e. The molecule has 1 N–H and O–H groups in total. The number of imidazole rings is 1. The van der Waals surface area contributed by atoms with Crippen LogP contribution in [0.15, 0.2) is 54.6 Å². The van der Waals surface area contributed by atoms with Crippen molar-refractivity contribution < 1.29 is 4.79 Å². The number of hydrogen-bond acceptors (Lipinski definition) is 2. The van der Waals surface area contributed by atoms with Crippen LogP contribution < -0.4 is 5.32 Å². The molecule has 0 aliphatic heterocycles. The number of anilines is 1. The highest BCUT2D eigenvalue weighted by molar-refractivity contribution is 6.03. The number of nitrogens with zero attached hydrogens (tertiary/aromatic N) is 2. The van der Waals surface area contributed by atoms with Gasteiger partial charge in [0.2, 0.25) is 0 Å². The molecule has 0 fully saturated rings. The lowest BCUT2D eigenvalue weighted by Gasteiger charge is -2.08. The second-order valence-corrected chi connectivity index (χ2v) is 4.27. The standard InChI is InChI=1S/C15H17N3O/c1-3-5-12(2)15(19)17-13-6-4-7-14(10-13)18-9-8-16-11-18/h4-11H,3H2,1-2H3,(H,17,19). The molecule has 0 radical (unpaired) electrons. The number of amides is 1. The Labute approximate surface area is 112 Å². The summed E-state index contributed by atoms with van der Waals surface area (Å²) in [4.78, 5) is 15.9. The Hall–Kier alpha value is -2.36. The summed E-state index contributed by atoms with van der Waals surface area (Å²) in [7, 11) is 0. The van der Waals surface area contributed by atoms with Crippen LogP contribution in [0.1, 0.15) is 20.3 Å². The smallest absolute Gasteiger partial charge is 0.250 e. The highest BCUT2D eigenvalue weighted by Crippen LogP contribution is 2.15. The summed E-state index contributed by atoms with van der Waals surface area (Å²) in [6, 6.07) is 7.66. The predicted octanol–water partition coefficient (Wildman–Crippen LogP) is 3.17. The van der Waals surface area contributed by atoms with Crippen LogP contribution in [-0.4, -0.2) is 15.5 Å². The molecular weight excluding hydrogens is 238 g/mol. The Bertz CT molecular complexity index is 585. The van der Waals surface area contributed by atoms with Gasteiger partial charge < -0.3 is 9.88 Å². The van der Waals surface area contributed by atoms with Crippen molar-refractivity contribution in [2.45, 2.75) is 20.3 Å². The first-order valence-electron chi connectivity index (χ1n) is 6.27. The summed E-state index contributed by atoms with van der Waals surface area (Å²) in [5.41, 5.74) is 2.48. The third-order valence-electron chi connectivity index (χ3n) is 2.78. The molecule has 1 aromatic carbocycles. The van der Waals surface area contributed by atoms with Crippen molar-refractivity contribution in [2.75, 3.05) is 5.32 Å². The van der Waals surface area contributed by atoms with Crippen LogP contribution in [-0.2, 0) is 4.79 Å². The van der Waals surface area contributed by atoms with E-state index in [2.05, 4.69) is 10.3 Å². The lowest BCUT2D eigenvalue weighted by molar-refractivity contribution is -0.112. The second kappa shape index (κ2) is 6.00. The van der Waals surface area contributed by atoms with Gasteiger partial charge in [-0.1, -0.05) is 19.1 Å². The van der Waals surface area contributed by atoms with Crippen LogP contribution in [0.3, 0.4) is 0 Å². The maximum absolute atomic E-state index is 11.9. The lowest BCUT2D eigenvalue weighted by atomic mass is 10.2. The van der Waals surface area contributed by atoms with Gasteiger partial charge in [-0.3, -0.25) is 4.79 Å². The molecule has 0 saturated heterocycles. The highest BCUT2D eigenvalue weighted by atomic mass is 16.1. The molecule has 2 aromatic rings. The summed E-state index contributed by atoms with van der Waals surface area (Å²) >= 11 is 0. The van der Waals surface area contributed by atoms with E-state index in [1.165, 1.54) is 0 Å². The fourth-order valence-corrected chi connectivity index (χ4v) is 1.78. The zero-order chi connectivity index (χ0) is 13.7. The summed E-state index contributed by atoms with van der Waals surface area (Å²) in [5.74, 6) is -0.0652. The molecule has 2 rings (SSSR count). The molecular formula is C15H17N3O. The van der Waals surface area contributed by atoms with E-state index in [0.29, 0.717) is 0 Å². The van der Waals surface area contributed by atoms with E-state index in [4.69, 9.17) is 0 Å². The first-order valence-corrected chi connectivity index (χ1v) is 6.27. The third-order valence-corrected chi connectivity index (χ3v) is 2.78. The van der Waals surface area contributed by atoms with Crippen molar-refractivity contribution in [2.24, 2.45) is 0 Å². The molecule has 4 heteroatoms. The zero-order valence-electron chi connectivity index (χ0n) is 11.1. The van der Waals surface area contributed by atoms with Crippen LogP contribution in [0.4, 0.5) is 5.69 Å². The van der Waals surface area contributed by atoms with Gasteiger partial charge in [0, 0.05) is 29.3 Å². The van der Waals surface area contributed by atoms with Crippen LogP contribution in [0.25, 0.3) is 5.69 Å². The number of nitrogens with one attached hydrogen (secondary N) is 1. The first kappa shape index (κ1) is 13.1. The van der Waals surface area contributed by atoms with Crippen LogP contribution in [0.2, 0.25) is 0 Å². The van der Waals surface area contributed by atoms with Crippen molar-refractivity contribution in [1.82, 2.24) is 9.55 Å². The Morgan fingerprint density at radius 2 is 2.32 bits per heavy atom. The molecule has 0 aliphatic carbocycles. The fraction of sp³-hybridized carbons (Fsp3) is 0.200. The Morgan fingerprint density at radius 1 is 1.47 bits per heavy atom. The molecule has 4 nitrogen and oxygen atoms in total. The summed E-state index contributed by atoms with van der Waals surface area (Å²) in [5, 5.41) is 2.89. The van der Waals surface area contributed by atoms with Crippen molar-refractivity contribution in [1.29, 1.82) is 0 Å². The molecule has 1 heterocycles. The van der Waals surface area contributed by atoms with Gasteiger partial charge in [-0.05, 0) is 31.5 Å². The normalized spacial score (nSPS) is 11.4. The first-order chi connectivity index (χ1) is 9.20. The number of hydrogen-bond donors (Lipinski definition) is 1. The Morgan fingerprint density at radius 3 is 3.00 bits per heavy atom. The Kier molecular flexibility index (Phi) is 4.13. The molecule has 0 bridgehead atoms. The third kappa shape index (κ3) is 3.31. The average molecular weight is 255 g/mol. The molecule has 0 spiro atoms. The topological polar surface area (TPSA) is 46.9 Å². The highest BCUT2D eigenvalue weighted by Gasteiger charge is 2.05. The number of benzene rings is 1. The molecule has 1 amide bonds. The van der Waals surface area contributed by atoms with Crippen molar-refractivity contribution in [3.05, 3.63) is 54.6 Å². The minimum Gasteiger partial charge on any atom is -0.322 e. The van der Waals surface area contributed by atoms with E-state index in [1.807, 2.05) is 55.0 Å². The minimum atomic E-state index is -0.0652. The van der Waals surface area contributed by atoms with Gasteiger partial charge in [-0.2, -0.15) is 0 Å². The molecule has 98 valence electrons.